The Morgan fingerprint density at radius 3 is 2.42 bits per heavy atom. The molecule has 4 heterocycles. The first-order chi connectivity index (χ1) is 12.6. The molecule has 142 valence electrons. The number of nitrogens with zero attached hydrogens (tertiary/aromatic N) is 1. The zero-order valence-corrected chi connectivity index (χ0v) is 17.3. The van der Waals surface area contributed by atoms with E-state index in [1.807, 2.05) is 13.8 Å². The van der Waals surface area contributed by atoms with E-state index in [1.54, 1.807) is 0 Å². The molecule has 0 atom stereocenters. The quantitative estimate of drug-likeness (QED) is 0.665. The lowest BCUT2D eigenvalue weighted by atomic mass is 9.68. The van der Waals surface area contributed by atoms with Crippen LogP contribution in [0.2, 0.25) is 0 Å². The molecule has 2 bridgehead atoms. The van der Waals surface area contributed by atoms with Crippen LogP contribution in [0.3, 0.4) is 0 Å². The van der Waals surface area contributed by atoms with Crippen LogP contribution >= 0.6 is 0 Å². The highest BCUT2D eigenvalue weighted by atomic mass is 15.1. The van der Waals surface area contributed by atoms with Crippen molar-refractivity contribution in [3.63, 3.8) is 0 Å². The average molecular weight is 353 g/mol. The molecule has 0 spiro atoms. The molecule has 1 aromatic carbocycles. The molecule has 2 heteroatoms. The number of hydrogen-bond donors (Lipinski definition) is 1. The van der Waals surface area contributed by atoms with Gasteiger partial charge in [0.05, 0.1) is 0 Å². The van der Waals surface area contributed by atoms with E-state index in [4.69, 9.17) is 0 Å². The van der Waals surface area contributed by atoms with Gasteiger partial charge in [-0.2, -0.15) is 0 Å². The number of H-pyrrole nitrogens is 1. The van der Waals surface area contributed by atoms with Crippen molar-refractivity contribution in [1.82, 2.24) is 9.88 Å². The standard InChI is InChI=1S/C22H30N2.C2H6/c1-4-18-16(2)5-6-20-21(18)19(15-23-20)17(3)7-8-22-9-12-24(13-10-22)14-11-22;1-2/h5-6,15,23H,3-4,7-14H2,1-2H3;1-2H3. The van der Waals surface area contributed by atoms with Crippen molar-refractivity contribution in [3.05, 3.63) is 41.6 Å². The van der Waals surface area contributed by atoms with E-state index < -0.39 is 0 Å². The predicted octanol–water partition coefficient (Wildman–Crippen LogP) is 6.34. The molecule has 2 aromatic rings. The summed E-state index contributed by atoms with van der Waals surface area (Å²) < 4.78 is 0. The number of aryl methyl sites for hydroxylation is 2. The van der Waals surface area contributed by atoms with E-state index in [0.717, 1.165) is 12.8 Å². The number of aromatic amines is 1. The van der Waals surface area contributed by atoms with Crippen molar-refractivity contribution in [2.24, 2.45) is 5.41 Å². The summed E-state index contributed by atoms with van der Waals surface area (Å²) in [6, 6.07) is 4.45. The molecule has 0 unspecified atom stereocenters. The van der Waals surface area contributed by atoms with Gasteiger partial charge in [0.25, 0.3) is 0 Å². The van der Waals surface area contributed by atoms with E-state index in [-0.39, 0.29) is 0 Å². The van der Waals surface area contributed by atoms with Crippen LogP contribution in [0.25, 0.3) is 16.5 Å². The third kappa shape index (κ3) is 3.49. The Morgan fingerprint density at radius 2 is 1.81 bits per heavy atom. The summed E-state index contributed by atoms with van der Waals surface area (Å²) >= 11 is 0. The Bertz CT molecular complexity index is 746. The summed E-state index contributed by atoms with van der Waals surface area (Å²) in [4.78, 5) is 6.10. The zero-order chi connectivity index (χ0) is 18.7. The zero-order valence-electron chi connectivity index (χ0n) is 17.3. The monoisotopic (exact) mass is 352 g/mol. The number of rotatable bonds is 5. The van der Waals surface area contributed by atoms with Gasteiger partial charge >= 0.3 is 0 Å². The van der Waals surface area contributed by atoms with Gasteiger partial charge in [0.15, 0.2) is 0 Å². The maximum absolute atomic E-state index is 4.48. The summed E-state index contributed by atoms with van der Waals surface area (Å²) in [5, 5.41) is 1.42. The third-order valence-electron chi connectivity index (χ3n) is 6.76. The SMILES string of the molecule is C=C(CCC12CCN(CC1)CC2)c1c[nH]c2ccc(C)c(CC)c12.CC. The van der Waals surface area contributed by atoms with Crippen LogP contribution in [0, 0.1) is 12.3 Å². The molecule has 2 nitrogen and oxygen atoms in total. The molecule has 0 saturated carbocycles. The number of fused-ring (bicyclic) bond motifs is 4. The van der Waals surface area contributed by atoms with Crippen molar-refractivity contribution < 1.29 is 0 Å². The van der Waals surface area contributed by atoms with E-state index in [9.17, 15) is 0 Å². The average Bonchev–Trinajstić information content (AvgIpc) is 3.13. The lowest BCUT2D eigenvalue weighted by molar-refractivity contribution is 0.0211. The number of hydrogen-bond acceptors (Lipinski definition) is 1. The van der Waals surface area contributed by atoms with E-state index >= 15 is 0 Å². The van der Waals surface area contributed by atoms with Crippen LogP contribution in [-0.2, 0) is 6.42 Å². The molecule has 0 radical (unpaired) electrons. The number of nitrogens with one attached hydrogen (secondary N) is 1. The predicted molar refractivity (Wildman–Crippen MR) is 115 cm³/mol. The highest BCUT2D eigenvalue weighted by Crippen LogP contribution is 2.45. The molecule has 1 aromatic heterocycles. The fourth-order valence-electron chi connectivity index (χ4n) is 4.96. The maximum Gasteiger partial charge on any atom is 0.0463 e. The first kappa shape index (κ1) is 19.2. The topological polar surface area (TPSA) is 19.0 Å². The minimum atomic E-state index is 0.604. The lowest BCUT2D eigenvalue weighted by Crippen LogP contribution is -2.48. The number of allylic oxidation sites excluding steroid dienone is 1. The van der Waals surface area contributed by atoms with Crippen LogP contribution in [0.5, 0.6) is 0 Å². The minimum absolute atomic E-state index is 0.604. The fraction of sp³-hybridized carbons (Fsp3) is 0.583. The maximum atomic E-state index is 4.48. The van der Waals surface area contributed by atoms with Crippen molar-refractivity contribution >= 4 is 16.5 Å². The van der Waals surface area contributed by atoms with E-state index in [1.165, 1.54) is 78.5 Å². The van der Waals surface area contributed by atoms with Crippen LogP contribution in [0.15, 0.2) is 24.9 Å². The summed E-state index contributed by atoms with van der Waals surface area (Å²) in [7, 11) is 0. The fourth-order valence-corrected chi connectivity index (χ4v) is 4.96. The highest BCUT2D eigenvalue weighted by Gasteiger charge is 2.38. The molecule has 26 heavy (non-hydrogen) atoms. The van der Waals surface area contributed by atoms with Crippen LogP contribution < -0.4 is 0 Å². The largest absolute Gasteiger partial charge is 0.361 e. The number of aromatic nitrogens is 1. The summed E-state index contributed by atoms with van der Waals surface area (Å²) in [5.74, 6) is 0. The first-order valence-electron chi connectivity index (χ1n) is 10.6. The van der Waals surface area contributed by atoms with E-state index in [2.05, 4.69) is 48.6 Å². The first-order valence-corrected chi connectivity index (χ1v) is 10.6. The number of piperidine rings is 3. The van der Waals surface area contributed by atoms with Gasteiger partial charge in [-0.05, 0) is 93.3 Å². The molecule has 0 amide bonds. The molecular formula is C24H36N2. The van der Waals surface area contributed by atoms with E-state index in [0.29, 0.717) is 5.41 Å². The van der Waals surface area contributed by atoms with Gasteiger partial charge in [-0.15, -0.1) is 0 Å². The molecule has 5 rings (SSSR count). The Balaban J connectivity index is 0.000000948. The van der Waals surface area contributed by atoms with Crippen molar-refractivity contribution in [2.75, 3.05) is 19.6 Å². The third-order valence-corrected chi connectivity index (χ3v) is 6.76. The molecular weight excluding hydrogens is 316 g/mol. The van der Waals surface area contributed by atoms with Crippen molar-refractivity contribution in [2.45, 2.75) is 66.2 Å². The van der Waals surface area contributed by atoms with Crippen LogP contribution in [0.1, 0.15) is 69.6 Å². The molecule has 3 aliphatic heterocycles. The normalized spacial score (nSPS) is 24.4. The number of benzene rings is 1. The highest BCUT2D eigenvalue weighted by molar-refractivity contribution is 5.95. The Hall–Kier alpha value is -1.54. The molecule has 3 saturated heterocycles. The van der Waals surface area contributed by atoms with Gasteiger partial charge in [0.1, 0.15) is 0 Å². The van der Waals surface area contributed by atoms with Gasteiger partial charge < -0.3 is 9.88 Å². The summed E-state index contributed by atoms with van der Waals surface area (Å²) in [6.07, 6.45) is 9.92. The summed E-state index contributed by atoms with van der Waals surface area (Å²) in [5.41, 5.74) is 7.43. The van der Waals surface area contributed by atoms with Crippen molar-refractivity contribution in [1.29, 1.82) is 0 Å². The molecule has 1 N–H and O–H groups in total. The van der Waals surface area contributed by atoms with Crippen molar-refractivity contribution in [3.8, 4) is 0 Å². The smallest absolute Gasteiger partial charge is 0.0463 e. The molecule has 0 aliphatic carbocycles. The minimum Gasteiger partial charge on any atom is -0.361 e. The van der Waals surface area contributed by atoms with Gasteiger partial charge in [-0.25, -0.2) is 0 Å². The van der Waals surface area contributed by atoms with Crippen LogP contribution in [-0.4, -0.2) is 29.5 Å². The lowest BCUT2D eigenvalue weighted by Gasteiger charge is -2.48. The van der Waals surface area contributed by atoms with Crippen LogP contribution in [0.4, 0.5) is 0 Å². The van der Waals surface area contributed by atoms with Gasteiger partial charge in [0, 0.05) is 22.7 Å². The second kappa shape index (κ2) is 8.00. The van der Waals surface area contributed by atoms with Gasteiger partial charge in [-0.3, -0.25) is 0 Å². The van der Waals surface area contributed by atoms with Gasteiger partial charge in [-0.1, -0.05) is 33.4 Å². The second-order valence-electron chi connectivity index (χ2n) is 8.03. The summed E-state index contributed by atoms with van der Waals surface area (Å²) in [6.45, 7) is 16.9. The second-order valence-corrected chi connectivity index (χ2v) is 8.03. The molecule has 3 fully saturated rings. The Morgan fingerprint density at radius 1 is 1.15 bits per heavy atom. The Labute approximate surface area is 159 Å². The molecule has 3 aliphatic rings. The Kier molecular flexibility index (Phi) is 5.92. The van der Waals surface area contributed by atoms with Gasteiger partial charge in [0.2, 0.25) is 0 Å².